The number of aldehydes is 1. The van der Waals surface area contributed by atoms with Crippen LogP contribution in [0.4, 0.5) is 4.79 Å². The van der Waals surface area contributed by atoms with Gasteiger partial charge in [-0.3, -0.25) is 0 Å². The van der Waals surface area contributed by atoms with E-state index >= 15 is 0 Å². The molecule has 0 aromatic heterocycles. The number of hydrogen-bond acceptors (Lipinski definition) is 4. The molecule has 0 aromatic carbocycles. The van der Waals surface area contributed by atoms with Gasteiger partial charge in [0.1, 0.15) is 17.4 Å². The van der Waals surface area contributed by atoms with Crippen LogP contribution in [0.1, 0.15) is 47.0 Å². The fourth-order valence-corrected chi connectivity index (χ4v) is 1.85. The molecular formula is C14H25NO4. The number of rotatable bonds is 7. The molecule has 1 fully saturated rings. The quantitative estimate of drug-likeness (QED) is 0.570. The molecule has 19 heavy (non-hydrogen) atoms. The van der Waals surface area contributed by atoms with E-state index in [4.69, 9.17) is 9.47 Å². The smallest absolute Gasteiger partial charge is 0.408 e. The number of alkyl carbamates (subject to hydrolysis) is 1. The molecule has 1 N–H and O–H groups in total. The van der Waals surface area contributed by atoms with E-state index in [1.807, 2.05) is 0 Å². The molecule has 1 saturated carbocycles. The van der Waals surface area contributed by atoms with Gasteiger partial charge >= 0.3 is 6.09 Å². The summed E-state index contributed by atoms with van der Waals surface area (Å²) < 4.78 is 10.6. The van der Waals surface area contributed by atoms with Gasteiger partial charge in [-0.25, -0.2) is 4.79 Å². The molecule has 1 amide bonds. The largest absolute Gasteiger partial charge is 0.444 e. The predicted molar refractivity (Wildman–Crippen MR) is 72.0 cm³/mol. The van der Waals surface area contributed by atoms with Crippen molar-refractivity contribution in [2.24, 2.45) is 5.92 Å². The van der Waals surface area contributed by atoms with Crippen molar-refractivity contribution in [3.8, 4) is 0 Å². The maximum atomic E-state index is 11.7. The van der Waals surface area contributed by atoms with Crippen molar-refractivity contribution in [3.63, 3.8) is 0 Å². The van der Waals surface area contributed by atoms with Crippen molar-refractivity contribution >= 4 is 12.4 Å². The maximum absolute atomic E-state index is 11.7. The summed E-state index contributed by atoms with van der Waals surface area (Å²) in [7, 11) is 0. The van der Waals surface area contributed by atoms with E-state index in [1.165, 1.54) is 0 Å². The van der Waals surface area contributed by atoms with Crippen molar-refractivity contribution in [3.05, 3.63) is 0 Å². The second-order valence-corrected chi connectivity index (χ2v) is 6.11. The van der Waals surface area contributed by atoms with E-state index in [-0.39, 0.29) is 5.92 Å². The van der Waals surface area contributed by atoms with Gasteiger partial charge in [0.05, 0.1) is 6.61 Å². The minimum Gasteiger partial charge on any atom is -0.444 e. The maximum Gasteiger partial charge on any atom is 0.408 e. The highest BCUT2D eigenvalue weighted by Crippen LogP contribution is 2.42. The topological polar surface area (TPSA) is 64.6 Å². The van der Waals surface area contributed by atoms with Crippen molar-refractivity contribution in [1.29, 1.82) is 0 Å². The van der Waals surface area contributed by atoms with Gasteiger partial charge in [-0.15, -0.1) is 0 Å². The second kappa shape index (κ2) is 6.37. The fraction of sp³-hybridized carbons (Fsp3) is 0.857. The summed E-state index contributed by atoms with van der Waals surface area (Å²) in [5.41, 5.74) is -1.34. The van der Waals surface area contributed by atoms with Crippen LogP contribution in [0.2, 0.25) is 0 Å². The first-order chi connectivity index (χ1) is 8.83. The minimum atomic E-state index is -0.783. The Labute approximate surface area is 115 Å². The molecular weight excluding hydrogens is 246 g/mol. The van der Waals surface area contributed by atoms with E-state index < -0.39 is 17.2 Å². The number of carbonyl (C=O) groups excluding carboxylic acids is 2. The van der Waals surface area contributed by atoms with E-state index in [0.29, 0.717) is 19.6 Å². The average Bonchev–Trinajstić information content (AvgIpc) is 2.96. The SMILES string of the molecule is CCCCOC[C@H]1C[C@@]1(C=O)NC(=O)OC(C)(C)C. The zero-order valence-corrected chi connectivity index (χ0v) is 12.3. The molecule has 5 heteroatoms. The lowest BCUT2D eigenvalue weighted by molar-refractivity contribution is -0.111. The van der Waals surface area contributed by atoms with Crippen LogP contribution in [0.3, 0.4) is 0 Å². The molecule has 1 rings (SSSR count). The molecule has 0 bridgehead atoms. The Balaban J connectivity index is 2.35. The molecule has 1 aliphatic rings. The van der Waals surface area contributed by atoms with Crippen LogP contribution in [0.15, 0.2) is 0 Å². The predicted octanol–water partition coefficient (Wildman–Crippen LogP) is 2.29. The van der Waals surface area contributed by atoms with Crippen LogP contribution in [-0.2, 0) is 14.3 Å². The third kappa shape index (κ3) is 5.19. The monoisotopic (exact) mass is 271 g/mol. The summed E-state index contributed by atoms with van der Waals surface area (Å²) in [6.07, 6.45) is 2.97. The summed E-state index contributed by atoms with van der Waals surface area (Å²) >= 11 is 0. The van der Waals surface area contributed by atoms with Crippen LogP contribution in [-0.4, -0.2) is 36.7 Å². The van der Waals surface area contributed by atoms with Gasteiger partial charge in [0, 0.05) is 12.5 Å². The lowest BCUT2D eigenvalue weighted by Crippen LogP contribution is -2.43. The molecule has 110 valence electrons. The third-order valence-electron chi connectivity index (χ3n) is 3.06. The lowest BCUT2D eigenvalue weighted by atomic mass is 10.2. The minimum absolute atomic E-state index is 0.0642. The van der Waals surface area contributed by atoms with Gasteiger partial charge in [-0.05, 0) is 33.6 Å². The first-order valence-corrected chi connectivity index (χ1v) is 6.88. The van der Waals surface area contributed by atoms with Gasteiger partial charge in [0.2, 0.25) is 0 Å². The molecule has 1 aliphatic carbocycles. The first-order valence-electron chi connectivity index (χ1n) is 6.88. The first kappa shape index (κ1) is 16.0. The normalized spacial score (nSPS) is 25.8. The molecule has 0 saturated heterocycles. The highest BCUT2D eigenvalue weighted by Gasteiger charge is 2.56. The zero-order valence-electron chi connectivity index (χ0n) is 12.3. The molecule has 0 heterocycles. The van der Waals surface area contributed by atoms with Crippen molar-refractivity contribution in [2.75, 3.05) is 13.2 Å². The van der Waals surface area contributed by atoms with Crippen molar-refractivity contribution < 1.29 is 19.1 Å². The highest BCUT2D eigenvalue weighted by atomic mass is 16.6. The Morgan fingerprint density at radius 1 is 1.47 bits per heavy atom. The van der Waals surface area contributed by atoms with E-state index in [9.17, 15) is 9.59 Å². The summed E-state index contributed by atoms with van der Waals surface area (Å²) in [6, 6.07) is 0. The number of hydrogen-bond donors (Lipinski definition) is 1. The van der Waals surface area contributed by atoms with Crippen LogP contribution >= 0.6 is 0 Å². The molecule has 5 nitrogen and oxygen atoms in total. The fourth-order valence-electron chi connectivity index (χ4n) is 1.85. The van der Waals surface area contributed by atoms with Gasteiger partial charge in [0.25, 0.3) is 0 Å². The number of unbranched alkanes of at least 4 members (excludes halogenated alkanes) is 1. The molecule has 0 spiro atoms. The van der Waals surface area contributed by atoms with Crippen LogP contribution in [0.5, 0.6) is 0 Å². The second-order valence-electron chi connectivity index (χ2n) is 6.11. The standard InChI is InChI=1S/C14H25NO4/c1-5-6-7-18-9-11-8-14(11,10-16)15-12(17)19-13(2,3)4/h10-11H,5-9H2,1-4H3,(H,15,17)/t11-,14+/m1/s1. The summed E-state index contributed by atoms with van der Waals surface area (Å²) in [4.78, 5) is 22.8. The van der Waals surface area contributed by atoms with E-state index in [1.54, 1.807) is 20.8 Å². The van der Waals surface area contributed by atoms with Gasteiger partial charge < -0.3 is 19.6 Å². The lowest BCUT2D eigenvalue weighted by Gasteiger charge is -2.21. The molecule has 0 radical (unpaired) electrons. The van der Waals surface area contributed by atoms with Gasteiger partial charge in [-0.2, -0.15) is 0 Å². The number of ether oxygens (including phenoxy) is 2. The number of nitrogens with one attached hydrogen (secondary N) is 1. The summed E-state index contributed by atoms with van der Waals surface area (Å²) in [6.45, 7) is 8.68. The average molecular weight is 271 g/mol. The van der Waals surface area contributed by atoms with E-state index in [2.05, 4.69) is 12.2 Å². The van der Waals surface area contributed by atoms with Crippen LogP contribution in [0, 0.1) is 5.92 Å². The van der Waals surface area contributed by atoms with Crippen LogP contribution < -0.4 is 5.32 Å². The Hall–Kier alpha value is -1.10. The summed E-state index contributed by atoms with van der Waals surface area (Å²) in [5.74, 6) is 0.0642. The number of carbonyl (C=O) groups is 2. The Kier molecular flexibility index (Phi) is 5.35. The molecule has 2 atom stereocenters. The number of amides is 1. The highest BCUT2D eigenvalue weighted by molar-refractivity contribution is 5.80. The molecule has 0 aromatic rings. The Morgan fingerprint density at radius 2 is 2.16 bits per heavy atom. The third-order valence-corrected chi connectivity index (χ3v) is 3.06. The van der Waals surface area contributed by atoms with Gasteiger partial charge in [0.15, 0.2) is 0 Å². The molecule has 0 aliphatic heterocycles. The molecule has 0 unspecified atom stereocenters. The Morgan fingerprint density at radius 3 is 2.68 bits per heavy atom. The van der Waals surface area contributed by atoms with E-state index in [0.717, 1.165) is 19.1 Å². The Bertz CT molecular complexity index is 324. The summed E-state index contributed by atoms with van der Waals surface area (Å²) in [5, 5.41) is 2.66. The van der Waals surface area contributed by atoms with Crippen LogP contribution in [0.25, 0.3) is 0 Å². The van der Waals surface area contributed by atoms with Gasteiger partial charge in [-0.1, -0.05) is 13.3 Å². The zero-order chi connectivity index (χ0) is 14.5. The van der Waals surface area contributed by atoms with Crippen molar-refractivity contribution in [1.82, 2.24) is 5.32 Å². The van der Waals surface area contributed by atoms with Crippen molar-refractivity contribution in [2.45, 2.75) is 58.1 Å².